The van der Waals surface area contributed by atoms with Crippen molar-refractivity contribution in [2.75, 3.05) is 27.4 Å². The van der Waals surface area contributed by atoms with Gasteiger partial charge in [0.25, 0.3) is 5.91 Å². The molecule has 5 heteroatoms. The Hall–Kier alpha value is -2.40. The van der Waals surface area contributed by atoms with Crippen LogP contribution in [0, 0.1) is 0 Å². The number of benzene rings is 1. The number of hydrogen-bond acceptors (Lipinski definition) is 4. The van der Waals surface area contributed by atoms with Gasteiger partial charge in [-0.2, -0.15) is 0 Å². The van der Waals surface area contributed by atoms with Crippen molar-refractivity contribution in [1.82, 2.24) is 9.88 Å². The average molecular weight is 340 g/mol. The van der Waals surface area contributed by atoms with Crippen molar-refractivity contribution in [3.05, 3.63) is 59.4 Å². The highest BCUT2D eigenvalue weighted by atomic mass is 16.5. The molecule has 0 aliphatic carbocycles. The van der Waals surface area contributed by atoms with Crippen LogP contribution in [0.5, 0.6) is 5.75 Å². The van der Waals surface area contributed by atoms with Crippen LogP contribution >= 0.6 is 0 Å². The summed E-state index contributed by atoms with van der Waals surface area (Å²) >= 11 is 0. The molecular weight excluding hydrogens is 316 g/mol. The third-order valence-electron chi connectivity index (χ3n) is 4.64. The molecule has 25 heavy (non-hydrogen) atoms. The zero-order valence-electron chi connectivity index (χ0n) is 14.8. The Morgan fingerprint density at radius 3 is 2.80 bits per heavy atom. The molecule has 1 aliphatic rings. The molecular formula is C20H24N2O3. The van der Waals surface area contributed by atoms with E-state index in [9.17, 15) is 4.79 Å². The van der Waals surface area contributed by atoms with E-state index in [2.05, 4.69) is 4.98 Å². The molecule has 1 saturated heterocycles. The molecule has 5 nitrogen and oxygen atoms in total. The van der Waals surface area contributed by atoms with Gasteiger partial charge in [-0.3, -0.25) is 9.78 Å². The number of carbonyl (C=O) groups excluding carboxylic acids is 1. The first kappa shape index (κ1) is 17.4. The van der Waals surface area contributed by atoms with Gasteiger partial charge in [0.1, 0.15) is 5.75 Å². The smallest absolute Gasteiger partial charge is 0.255 e. The highest BCUT2D eigenvalue weighted by Gasteiger charge is 2.23. The van der Waals surface area contributed by atoms with E-state index in [-0.39, 0.29) is 11.9 Å². The fourth-order valence-electron chi connectivity index (χ4n) is 3.16. The summed E-state index contributed by atoms with van der Waals surface area (Å²) in [6.45, 7) is 1.44. The maximum atomic E-state index is 12.8. The first-order valence-corrected chi connectivity index (χ1v) is 8.59. The van der Waals surface area contributed by atoms with Gasteiger partial charge < -0.3 is 14.4 Å². The third kappa shape index (κ3) is 4.37. The van der Waals surface area contributed by atoms with Gasteiger partial charge in [0.05, 0.1) is 12.7 Å². The summed E-state index contributed by atoms with van der Waals surface area (Å²) in [4.78, 5) is 18.9. The molecule has 1 aromatic heterocycles. The van der Waals surface area contributed by atoms with Crippen LogP contribution in [0.2, 0.25) is 0 Å². The van der Waals surface area contributed by atoms with Gasteiger partial charge >= 0.3 is 0 Å². The second kappa shape index (κ2) is 8.12. The predicted octanol–water partition coefficient (Wildman–Crippen LogP) is 2.93. The summed E-state index contributed by atoms with van der Waals surface area (Å²) in [5, 5.41) is 0. The second-order valence-corrected chi connectivity index (χ2v) is 6.37. The quantitative estimate of drug-likeness (QED) is 0.840. The van der Waals surface area contributed by atoms with Crippen molar-refractivity contribution in [2.45, 2.75) is 25.3 Å². The summed E-state index contributed by atoms with van der Waals surface area (Å²) in [5.74, 6) is 0.851. The van der Waals surface area contributed by atoms with Crippen LogP contribution in [0.4, 0.5) is 0 Å². The Morgan fingerprint density at radius 2 is 2.04 bits per heavy atom. The summed E-state index contributed by atoms with van der Waals surface area (Å²) in [6, 6.07) is 10.1. The lowest BCUT2D eigenvalue weighted by Gasteiger charge is -2.31. The normalized spacial score (nSPS) is 15.0. The van der Waals surface area contributed by atoms with E-state index >= 15 is 0 Å². The molecule has 2 aromatic rings. The zero-order chi connectivity index (χ0) is 17.6. The monoisotopic (exact) mass is 340 g/mol. The minimum Gasteiger partial charge on any atom is -0.497 e. The summed E-state index contributed by atoms with van der Waals surface area (Å²) in [7, 11) is 3.53. The number of ether oxygens (including phenoxy) is 2. The van der Waals surface area contributed by atoms with E-state index in [0.29, 0.717) is 12.0 Å². The molecule has 0 bridgehead atoms. The Bertz CT molecular complexity index is 726. The van der Waals surface area contributed by atoms with Gasteiger partial charge in [-0.15, -0.1) is 0 Å². The van der Waals surface area contributed by atoms with Crippen LogP contribution in [0.15, 0.2) is 42.7 Å². The predicted molar refractivity (Wildman–Crippen MR) is 96.0 cm³/mol. The fraction of sp³-hybridized carbons (Fsp3) is 0.400. The van der Waals surface area contributed by atoms with Gasteiger partial charge in [-0.1, -0.05) is 12.1 Å². The van der Waals surface area contributed by atoms with Gasteiger partial charge in [-0.05, 0) is 48.6 Å². The largest absolute Gasteiger partial charge is 0.497 e. The fourth-order valence-corrected chi connectivity index (χ4v) is 3.16. The maximum absolute atomic E-state index is 12.8. The molecule has 3 rings (SSSR count). The van der Waals surface area contributed by atoms with Crippen molar-refractivity contribution in [1.29, 1.82) is 0 Å². The molecule has 0 radical (unpaired) electrons. The minimum absolute atomic E-state index is 0.0203. The molecule has 0 unspecified atom stereocenters. The third-order valence-corrected chi connectivity index (χ3v) is 4.64. The number of methoxy groups -OCH3 is 1. The van der Waals surface area contributed by atoms with E-state index in [1.807, 2.05) is 48.5 Å². The Kier molecular flexibility index (Phi) is 5.66. The van der Waals surface area contributed by atoms with Gasteiger partial charge in [0, 0.05) is 38.7 Å². The minimum atomic E-state index is 0.0203. The van der Waals surface area contributed by atoms with Crippen LogP contribution in [0.1, 0.15) is 34.3 Å². The van der Waals surface area contributed by atoms with Gasteiger partial charge in [0.15, 0.2) is 0 Å². The first-order valence-electron chi connectivity index (χ1n) is 8.59. The molecule has 1 aliphatic heterocycles. The number of carbonyl (C=O) groups is 1. The number of aromatic nitrogens is 1. The van der Waals surface area contributed by atoms with E-state index < -0.39 is 0 Å². The van der Waals surface area contributed by atoms with E-state index in [4.69, 9.17) is 9.47 Å². The zero-order valence-corrected chi connectivity index (χ0v) is 14.8. The summed E-state index contributed by atoms with van der Waals surface area (Å²) in [6.07, 6.45) is 5.95. The van der Waals surface area contributed by atoms with Crippen molar-refractivity contribution in [3.63, 3.8) is 0 Å². The van der Waals surface area contributed by atoms with Crippen LogP contribution in [-0.2, 0) is 11.2 Å². The second-order valence-electron chi connectivity index (χ2n) is 6.37. The standard InChI is InChI=1S/C20H24N2O3/c1-22(18-6-8-25-9-7-18)20(23)17-11-16(13-21-14-17)10-15-4-3-5-19(12-15)24-2/h3-5,11-14,18H,6-10H2,1-2H3. The average Bonchev–Trinajstić information content (AvgIpc) is 2.68. The molecule has 2 heterocycles. The highest BCUT2D eigenvalue weighted by molar-refractivity contribution is 5.94. The van der Waals surface area contributed by atoms with Crippen LogP contribution < -0.4 is 4.74 Å². The maximum Gasteiger partial charge on any atom is 0.255 e. The molecule has 1 amide bonds. The first-order chi connectivity index (χ1) is 12.2. The summed E-state index contributed by atoms with van der Waals surface area (Å²) < 4.78 is 10.6. The molecule has 1 fully saturated rings. The lowest BCUT2D eigenvalue weighted by molar-refractivity contribution is 0.0362. The van der Waals surface area contributed by atoms with Crippen LogP contribution in [0.25, 0.3) is 0 Å². The highest BCUT2D eigenvalue weighted by Crippen LogP contribution is 2.18. The topological polar surface area (TPSA) is 51.7 Å². The Balaban J connectivity index is 1.72. The molecule has 132 valence electrons. The number of pyridine rings is 1. The molecule has 0 N–H and O–H groups in total. The van der Waals surface area contributed by atoms with Crippen LogP contribution in [-0.4, -0.2) is 49.2 Å². The van der Waals surface area contributed by atoms with Crippen molar-refractivity contribution >= 4 is 5.91 Å². The summed E-state index contributed by atoms with van der Waals surface area (Å²) in [5.41, 5.74) is 2.78. The van der Waals surface area contributed by atoms with E-state index in [0.717, 1.165) is 42.9 Å². The lowest BCUT2D eigenvalue weighted by atomic mass is 10.0. The molecule has 0 saturated carbocycles. The van der Waals surface area contributed by atoms with Crippen molar-refractivity contribution in [2.24, 2.45) is 0 Å². The number of nitrogens with zero attached hydrogens (tertiary/aromatic N) is 2. The molecule has 0 atom stereocenters. The lowest BCUT2D eigenvalue weighted by Crippen LogP contribution is -2.40. The number of hydrogen-bond donors (Lipinski definition) is 0. The van der Waals surface area contributed by atoms with Crippen LogP contribution in [0.3, 0.4) is 0 Å². The van der Waals surface area contributed by atoms with E-state index in [1.165, 1.54) is 0 Å². The van der Waals surface area contributed by atoms with Gasteiger partial charge in [0.2, 0.25) is 0 Å². The number of amides is 1. The van der Waals surface area contributed by atoms with E-state index in [1.54, 1.807) is 13.3 Å². The van der Waals surface area contributed by atoms with Gasteiger partial charge in [-0.25, -0.2) is 0 Å². The Morgan fingerprint density at radius 1 is 1.24 bits per heavy atom. The van der Waals surface area contributed by atoms with Crippen molar-refractivity contribution in [3.8, 4) is 5.75 Å². The molecule has 1 aromatic carbocycles. The number of rotatable bonds is 5. The SMILES string of the molecule is COc1cccc(Cc2cncc(C(=O)N(C)C3CCOCC3)c2)c1. The van der Waals surface area contributed by atoms with Crippen molar-refractivity contribution < 1.29 is 14.3 Å². The molecule has 0 spiro atoms. The Labute approximate surface area is 148 Å².